The lowest BCUT2D eigenvalue weighted by atomic mass is 10.1. The van der Waals surface area contributed by atoms with Gasteiger partial charge >= 0.3 is 5.69 Å². The molecule has 0 saturated heterocycles. The van der Waals surface area contributed by atoms with Gasteiger partial charge < -0.3 is 25.8 Å². The van der Waals surface area contributed by atoms with Gasteiger partial charge in [-0.05, 0) is 59.7 Å². The molecule has 0 saturated carbocycles. The molecule has 4 heterocycles. The van der Waals surface area contributed by atoms with Crippen LogP contribution in [-0.4, -0.2) is 62.4 Å². The maximum atomic E-state index is 12.1. The van der Waals surface area contributed by atoms with Gasteiger partial charge in [-0.2, -0.15) is 10.2 Å². The van der Waals surface area contributed by atoms with Gasteiger partial charge in [0.1, 0.15) is 0 Å². The summed E-state index contributed by atoms with van der Waals surface area (Å²) in [5, 5.41) is 37.6. The van der Waals surface area contributed by atoms with E-state index in [4.69, 9.17) is 12.2 Å². The Hall–Kier alpha value is -6.82. The lowest BCUT2D eigenvalue weighted by molar-refractivity contribution is 0.101. The van der Waals surface area contributed by atoms with E-state index in [9.17, 15) is 34.2 Å². The van der Waals surface area contributed by atoms with Crippen LogP contribution in [0.3, 0.4) is 0 Å². The van der Waals surface area contributed by atoms with Crippen LogP contribution in [0, 0.1) is 4.77 Å². The Bertz CT molecular complexity index is 2070. The van der Waals surface area contributed by atoms with Crippen LogP contribution in [-0.2, 0) is 0 Å². The van der Waals surface area contributed by atoms with Crippen molar-refractivity contribution in [2.45, 2.75) is 0 Å². The molecule has 0 atom stereocenters. The topological polar surface area (TPSA) is 270 Å². The molecular weight excluding hydrogens is 620 g/mol. The molecule has 0 aliphatic heterocycles. The minimum atomic E-state index is -0.974. The molecule has 6 aromatic rings. The van der Waals surface area contributed by atoms with Crippen molar-refractivity contribution >= 4 is 35.4 Å². The Morgan fingerprint density at radius 3 is 1.43 bits per heavy atom. The summed E-state index contributed by atoms with van der Waals surface area (Å²) in [7, 11) is 0. The summed E-state index contributed by atoms with van der Waals surface area (Å²) >= 11 is 4.71. The number of carbonyl (C=O) groups is 2. The van der Waals surface area contributed by atoms with Gasteiger partial charge in [0, 0.05) is 23.8 Å². The zero-order valence-electron chi connectivity index (χ0n) is 23.2. The number of nitrogens with zero attached hydrogens (tertiary/aromatic N) is 2. The van der Waals surface area contributed by atoms with Crippen molar-refractivity contribution in [1.29, 1.82) is 0 Å². The van der Waals surface area contributed by atoms with E-state index in [0.29, 0.717) is 11.4 Å². The van der Waals surface area contributed by atoms with Crippen LogP contribution in [0.5, 0.6) is 11.8 Å². The lowest BCUT2D eigenvalue weighted by Crippen LogP contribution is -2.30. The van der Waals surface area contributed by atoms with Crippen LogP contribution in [0.15, 0.2) is 87.4 Å². The third-order valence-corrected chi connectivity index (χ3v) is 6.41. The van der Waals surface area contributed by atoms with Crippen molar-refractivity contribution in [2.75, 3.05) is 10.6 Å². The minimum Gasteiger partial charge on any atom is -0.494 e. The van der Waals surface area contributed by atoms with E-state index in [-0.39, 0.29) is 4.77 Å². The number of benzene rings is 2. The van der Waals surface area contributed by atoms with Gasteiger partial charge in [-0.25, -0.2) is 4.79 Å². The number of aromatic hydroxyl groups is 2. The molecule has 4 aromatic heterocycles. The smallest absolute Gasteiger partial charge is 0.328 e. The summed E-state index contributed by atoms with van der Waals surface area (Å²) in [5.41, 5.74) is 0.672. The van der Waals surface area contributed by atoms with Gasteiger partial charge in [0.25, 0.3) is 22.9 Å². The zero-order chi connectivity index (χ0) is 32.8. The quantitative estimate of drug-likeness (QED) is 0.118. The summed E-state index contributed by atoms with van der Waals surface area (Å²) in [6.45, 7) is 0. The summed E-state index contributed by atoms with van der Waals surface area (Å²) in [6.07, 6.45) is 3.26. The molecule has 2 amide bonds. The first kappa shape index (κ1) is 30.6. The molecule has 232 valence electrons. The fraction of sp³-hybridized carbons (Fsp3) is 0. The Morgan fingerprint density at radius 2 is 1.04 bits per heavy atom. The Morgan fingerprint density at radius 1 is 0.609 bits per heavy atom. The number of carbonyl (C=O) groups excluding carboxylic acids is 2. The number of hydrogen-bond donors (Lipinski definition) is 10. The van der Waals surface area contributed by atoms with Crippen LogP contribution in [0.25, 0.3) is 22.5 Å². The molecule has 2 aromatic carbocycles. The number of H-pyrrole nitrogens is 6. The first-order chi connectivity index (χ1) is 22.1. The van der Waals surface area contributed by atoms with Gasteiger partial charge in [-0.1, -0.05) is 24.3 Å². The van der Waals surface area contributed by atoms with Crippen LogP contribution in [0.2, 0.25) is 0 Å². The summed E-state index contributed by atoms with van der Waals surface area (Å²) in [5.74, 6) is -2.95. The maximum Gasteiger partial charge on any atom is 0.328 e. The van der Waals surface area contributed by atoms with E-state index in [1.165, 1.54) is 0 Å². The van der Waals surface area contributed by atoms with Gasteiger partial charge in [-0.3, -0.25) is 44.3 Å². The fourth-order valence-corrected chi connectivity index (χ4v) is 4.25. The number of nitrogens with one attached hydrogen (secondary N) is 8. The molecule has 0 radical (unpaired) electrons. The van der Waals surface area contributed by atoms with Gasteiger partial charge in [0.2, 0.25) is 11.8 Å². The lowest BCUT2D eigenvalue weighted by Gasteiger charge is -2.06. The Balaban J connectivity index is 0.000000181. The van der Waals surface area contributed by atoms with E-state index < -0.39 is 51.5 Å². The average Bonchev–Trinajstić information content (AvgIpc) is 3.73. The molecule has 0 aliphatic rings. The van der Waals surface area contributed by atoms with Crippen molar-refractivity contribution in [3.63, 3.8) is 0 Å². The predicted molar refractivity (Wildman–Crippen MR) is 167 cm³/mol. The van der Waals surface area contributed by atoms with E-state index >= 15 is 0 Å². The van der Waals surface area contributed by atoms with E-state index in [2.05, 4.69) is 41.0 Å². The maximum absolute atomic E-state index is 12.1. The number of hydrogen-bond acceptors (Lipinski definition) is 10. The molecule has 0 aliphatic carbocycles. The Labute approximate surface area is 260 Å². The number of anilines is 2. The number of amides is 2. The van der Waals surface area contributed by atoms with E-state index in [1.807, 2.05) is 16.0 Å². The van der Waals surface area contributed by atoms with Crippen LogP contribution < -0.4 is 27.4 Å². The average molecular weight is 643 g/mol. The minimum absolute atomic E-state index is 0.0621. The van der Waals surface area contributed by atoms with Crippen molar-refractivity contribution < 1.29 is 19.8 Å². The van der Waals surface area contributed by atoms with Crippen LogP contribution >= 0.6 is 12.2 Å². The first-order valence-electron chi connectivity index (χ1n) is 13.0. The summed E-state index contributed by atoms with van der Waals surface area (Å²) < 4.78 is -0.0621. The van der Waals surface area contributed by atoms with Crippen molar-refractivity contribution in [3.8, 4) is 34.3 Å². The molecule has 6 rings (SSSR count). The second-order valence-electron chi connectivity index (χ2n) is 9.27. The largest absolute Gasteiger partial charge is 0.494 e. The van der Waals surface area contributed by atoms with Crippen molar-refractivity contribution in [3.05, 3.63) is 120 Å². The molecule has 0 fully saturated rings. The first-order valence-corrected chi connectivity index (χ1v) is 13.4. The summed E-state index contributed by atoms with van der Waals surface area (Å²) in [6, 6.07) is 17.3. The standard InChI is InChI=1S/C14H11N5O4.C14H11N5O3S/c2*20-11(10-12(21)17-14(23)18-13(10)22)16-8-3-1-7(2-4-8)9-5-6-15-19-9/h2*1-6H,(H,15,19)(H,16,20)(H3,17,18,21,22,23). The molecule has 46 heavy (non-hydrogen) atoms. The molecular formula is C28H22N10O7S. The predicted octanol–water partition coefficient (Wildman–Crippen LogP) is 2.19. The molecule has 0 spiro atoms. The van der Waals surface area contributed by atoms with Gasteiger partial charge in [0.05, 0.1) is 11.4 Å². The number of aromatic amines is 6. The van der Waals surface area contributed by atoms with Gasteiger partial charge in [0.15, 0.2) is 15.9 Å². The molecule has 18 heteroatoms. The highest BCUT2D eigenvalue weighted by Gasteiger charge is 2.18. The normalized spacial score (nSPS) is 10.4. The fourth-order valence-electron chi connectivity index (χ4n) is 4.06. The molecule has 17 nitrogen and oxygen atoms in total. The van der Waals surface area contributed by atoms with Crippen molar-refractivity contribution in [1.82, 2.24) is 40.3 Å². The second kappa shape index (κ2) is 13.2. The van der Waals surface area contributed by atoms with E-state index in [0.717, 1.165) is 22.5 Å². The van der Waals surface area contributed by atoms with Crippen LogP contribution in [0.1, 0.15) is 20.7 Å². The number of aromatic nitrogens is 8. The van der Waals surface area contributed by atoms with E-state index in [1.54, 1.807) is 67.0 Å². The molecule has 0 unspecified atom stereocenters. The van der Waals surface area contributed by atoms with Gasteiger partial charge in [-0.15, -0.1) is 0 Å². The highest BCUT2D eigenvalue weighted by Crippen LogP contribution is 2.21. The third kappa shape index (κ3) is 7.03. The highest BCUT2D eigenvalue weighted by molar-refractivity contribution is 7.71. The molecule has 10 N–H and O–H groups in total. The summed E-state index contributed by atoms with van der Waals surface area (Å²) in [4.78, 5) is 66.9. The monoisotopic (exact) mass is 642 g/mol. The number of rotatable bonds is 6. The SMILES string of the molecule is O=C(Nc1ccc(-c2ccn[nH]2)cc1)c1c(O)[nH]c(=O)[nH]c1=O.O=C(Nc1ccc(-c2ccn[nH]2)cc1)c1c(O)[nH]c(=S)[nH]c1=O. The van der Waals surface area contributed by atoms with Crippen molar-refractivity contribution in [2.24, 2.45) is 0 Å². The highest BCUT2D eigenvalue weighted by atomic mass is 32.1. The zero-order valence-corrected chi connectivity index (χ0v) is 24.0. The molecule has 0 bridgehead atoms. The van der Waals surface area contributed by atoms with Crippen LogP contribution in [0.4, 0.5) is 11.4 Å². The third-order valence-electron chi connectivity index (χ3n) is 6.21. The second-order valence-corrected chi connectivity index (χ2v) is 9.68. The Kier molecular flexibility index (Phi) is 8.80.